The molecule has 2 aliphatic carbocycles. The van der Waals surface area contributed by atoms with Gasteiger partial charge in [-0.25, -0.2) is 0 Å². The molecule has 0 aromatic carbocycles. The molecular formula is C16H32O2. The van der Waals surface area contributed by atoms with Gasteiger partial charge < -0.3 is 10.2 Å². The third-order valence-corrected chi connectivity index (χ3v) is 4.88. The summed E-state index contributed by atoms with van der Waals surface area (Å²) in [7, 11) is 0. The molecule has 2 saturated carbocycles. The quantitative estimate of drug-likeness (QED) is 0.778. The summed E-state index contributed by atoms with van der Waals surface area (Å²) in [4.78, 5) is 0. The molecule has 2 rings (SSSR count). The molecule has 0 heterocycles. The summed E-state index contributed by atoms with van der Waals surface area (Å²) < 4.78 is 0. The van der Waals surface area contributed by atoms with E-state index in [0.717, 1.165) is 38.5 Å². The van der Waals surface area contributed by atoms with Crippen LogP contribution in [-0.2, 0) is 0 Å². The molecule has 0 aliphatic heterocycles. The van der Waals surface area contributed by atoms with Gasteiger partial charge in [-0.15, -0.1) is 0 Å². The molecular weight excluding hydrogens is 224 g/mol. The van der Waals surface area contributed by atoms with Crippen LogP contribution in [0.2, 0.25) is 0 Å². The number of rotatable bonds is 2. The summed E-state index contributed by atoms with van der Waals surface area (Å²) in [6.07, 6.45) is 13.5. The van der Waals surface area contributed by atoms with Crippen LogP contribution >= 0.6 is 0 Å². The minimum Gasteiger partial charge on any atom is -0.390 e. The van der Waals surface area contributed by atoms with Gasteiger partial charge in [-0.3, -0.25) is 0 Å². The maximum Gasteiger partial charge on any atom is 0.0645 e. The molecule has 0 saturated heterocycles. The first-order chi connectivity index (χ1) is 8.54. The van der Waals surface area contributed by atoms with Gasteiger partial charge in [0.15, 0.2) is 0 Å². The molecule has 0 bridgehead atoms. The second kappa shape index (κ2) is 7.49. The van der Waals surface area contributed by atoms with Crippen LogP contribution in [0.1, 0.15) is 90.9 Å². The first-order valence-electron chi connectivity index (χ1n) is 7.98. The molecule has 2 fully saturated rings. The van der Waals surface area contributed by atoms with E-state index in [1.165, 1.54) is 38.5 Å². The van der Waals surface area contributed by atoms with Gasteiger partial charge in [-0.2, -0.15) is 0 Å². The normalized spacial score (nSPS) is 26.0. The van der Waals surface area contributed by atoms with Crippen LogP contribution in [0.15, 0.2) is 0 Å². The van der Waals surface area contributed by atoms with Gasteiger partial charge >= 0.3 is 0 Å². The van der Waals surface area contributed by atoms with Crippen LogP contribution in [0.25, 0.3) is 0 Å². The van der Waals surface area contributed by atoms with Crippen molar-refractivity contribution in [3.8, 4) is 0 Å². The minimum atomic E-state index is -0.280. The van der Waals surface area contributed by atoms with E-state index in [1.54, 1.807) is 0 Å². The van der Waals surface area contributed by atoms with Crippen molar-refractivity contribution in [2.75, 3.05) is 0 Å². The molecule has 108 valence electrons. The second-order valence-electron chi connectivity index (χ2n) is 6.28. The van der Waals surface area contributed by atoms with Gasteiger partial charge in [0.1, 0.15) is 0 Å². The lowest BCUT2D eigenvalue weighted by Crippen LogP contribution is -2.29. The Morgan fingerprint density at radius 3 is 1.06 bits per heavy atom. The van der Waals surface area contributed by atoms with Gasteiger partial charge in [0, 0.05) is 0 Å². The SMILES string of the molecule is CCC1(O)CCCCC1.CCC1(O)CCCCC1. The van der Waals surface area contributed by atoms with E-state index >= 15 is 0 Å². The molecule has 2 heteroatoms. The summed E-state index contributed by atoms with van der Waals surface area (Å²) in [5, 5.41) is 19.4. The Bertz CT molecular complexity index is 189. The van der Waals surface area contributed by atoms with Crippen molar-refractivity contribution in [1.82, 2.24) is 0 Å². The Morgan fingerprint density at radius 2 is 0.889 bits per heavy atom. The third-order valence-electron chi connectivity index (χ3n) is 4.88. The lowest BCUT2D eigenvalue weighted by Gasteiger charge is -2.30. The maximum atomic E-state index is 9.68. The van der Waals surface area contributed by atoms with E-state index in [9.17, 15) is 10.2 Å². The predicted octanol–water partition coefficient (Wildman–Crippen LogP) is 4.18. The number of aliphatic hydroxyl groups is 2. The molecule has 18 heavy (non-hydrogen) atoms. The van der Waals surface area contributed by atoms with E-state index in [0.29, 0.717) is 0 Å². The van der Waals surface area contributed by atoms with Crippen molar-refractivity contribution in [2.45, 2.75) is 102 Å². The van der Waals surface area contributed by atoms with Crippen LogP contribution in [0, 0.1) is 0 Å². The number of hydrogen-bond donors (Lipinski definition) is 2. The summed E-state index contributed by atoms with van der Waals surface area (Å²) >= 11 is 0. The van der Waals surface area contributed by atoms with Crippen molar-refractivity contribution in [1.29, 1.82) is 0 Å². The average molecular weight is 256 g/mol. The second-order valence-corrected chi connectivity index (χ2v) is 6.28. The molecule has 0 spiro atoms. The molecule has 0 aromatic rings. The van der Waals surface area contributed by atoms with Crippen molar-refractivity contribution in [3.05, 3.63) is 0 Å². The topological polar surface area (TPSA) is 40.5 Å². The van der Waals surface area contributed by atoms with Crippen LogP contribution in [-0.4, -0.2) is 21.4 Å². The fourth-order valence-corrected chi connectivity index (χ4v) is 3.13. The monoisotopic (exact) mass is 256 g/mol. The van der Waals surface area contributed by atoms with E-state index in [4.69, 9.17) is 0 Å². The van der Waals surface area contributed by atoms with Crippen molar-refractivity contribution in [3.63, 3.8) is 0 Å². The Kier molecular flexibility index (Phi) is 6.65. The smallest absolute Gasteiger partial charge is 0.0645 e. The standard InChI is InChI=1S/2C8H16O/c2*1-2-8(9)6-4-3-5-7-8/h2*9H,2-7H2,1H3. The maximum absolute atomic E-state index is 9.68. The van der Waals surface area contributed by atoms with Gasteiger partial charge in [0.05, 0.1) is 11.2 Å². The fourth-order valence-electron chi connectivity index (χ4n) is 3.13. The van der Waals surface area contributed by atoms with E-state index in [2.05, 4.69) is 13.8 Å². The fraction of sp³-hybridized carbons (Fsp3) is 1.00. The Balaban J connectivity index is 0.000000180. The first-order valence-corrected chi connectivity index (χ1v) is 7.98. The van der Waals surface area contributed by atoms with E-state index < -0.39 is 0 Å². The molecule has 0 aromatic heterocycles. The molecule has 0 radical (unpaired) electrons. The van der Waals surface area contributed by atoms with Crippen LogP contribution in [0.3, 0.4) is 0 Å². The highest BCUT2D eigenvalue weighted by Gasteiger charge is 2.26. The zero-order chi connectivity index (χ0) is 13.5. The van der Waals surface area contributed by atoms with Crippen molar-refractivity contribution in [2.24, 2.45) is 0 Å². The summed E-state index contributed by atoms with van der Waals surface area (Å²) in [5.74, 6) is 0. The highest BCUT2D eigenvalue weighted by Crippen LogP contribution is 2.30. The molecule has 0 amide bonds. The zero-order valence-corrected chi connectivity index (χ0v) is 12.4. The Hall–Kier alpha value is -0.0800. The van der Waals surface area contributed by atoms with Gasteiger partial charge in [-0.1, -0.05) is 52.4 Å². The lowest BCUT2D eigenvalue weighted by atomic mass is 9.83. The van der Waals surface area contributed by atoms with Crippen LogP contribution in [0.4, 0.5) is 0 Å². The summed E-state index contributed by atoms with van der Waals surface area (Å²) in [5.41, 5.74) is -0.559. The summed E-state index contributed by atoms with van der Waals surface area (Å²) in [6, 6.07) is 0. The molecule has 2 N–H and O–H groups in total. The van der Waals surface area contributed by atoms with E-state index in [-0.39, 0.29) is 11.2 Å². The van der Waals surface area contributed by atoms with Gasteiger partial charge in [0.25, 0.3) is 0 Å². The summed E-state index contributed by atoms with van der Waals surface area (Å²) in [6.45, 7) is 4.15. The molecule has 2 nitrogen and oxygen atoms in total. The predicted molar refractivity (Wildman–Crippen MR) is 76.7 cm³/mol. The highest BCUT2D eigenvalue weighted by molar-refractivity contribution is 4.80. The van der Waals surface area contributed by atoms with Crippen LogP contribution in [0.5, 0.6) is 0 Å². The number of hydrogen-bond acceptors (Lipinski definition) is 2. The lowest BCUT2D eigenvalue weighted by molar-refractivity contribution is 0.000283. The Labute approximate surface area is 113 Å². The van der Waals surface area contributed by atoms with Gasteiger partial charge in [0.2, 0.25) is 0 Å². The average Bonchev–Trinajstić information content (AvgIpc) is 2.41. The largest absolute Gasteiger partial charge is 0.390 e. The third kappa shape index (κ3) is 5.27. The van der Waals surface area contributed by atoms with Crippen molar-refractivity contribution < 1.29 is 10.2 Å². The minimum absolute atomic E-state index is 0.280. The molecule has 2 aliphatic rings. The van der Waals surface area contributed by atoms with Crippen LogP contribution < -0.4 is 0 Å². The first kappa shape index (κ1) is 16.0. The zero-order valence-electron chi connectivity index (χ0n) is 12.4. The highest BCUT2D eigenvalue weighted by atomic mass is 16.3. The molecule has 0 atom stereocenters. The van der Waals surface area contributed by atoms with E-state index in [1.807, 2.05) is 0 Å². The van der Waals surface area contributed by atoms with Crippen molar-refractivity contribution >= 4 is 0 Å². The Morgan fingerprint density at radius 1 is 0.611 bits per heavy atom. The van der Waals surface area contributed by atoms with Gasteiger partial charge in [-0.05, 0) is 38.5 Å². The molecule has 0 unspecified atom stereocenters.